The van der Waals surface area contributed by atoms with E-state index in [9.17, 15) is 5.26 Å². The second-order valence-electron chi connectivity index (χ2n) is 6.19. The molecular formula is C19H16ClN3OS. The Kier molecular flexibility index (Phi) is 4.34. The van der Waals surface area contributed by atoms with Gasteiger partial charge in [-0.25, -0.2) is 0 Å². The van der Waals surface area contributed by atoms with Gasteiger partial charge in [0.2, 0.25) is 0 Å². The van der Waals surface area contributed by atoms with Gasteiger partial charge in [-0.2, -0.15) is 16.6 Å². The molecule has 25 heavy (non-hydrogen) atoms. The number of nitriles is 1. The van der Waals surface area contributed by atoms with Crippen molar-refractivity contribution >= 4 is 39.5 Å². The first-order valence-electron chi connectivity index (χ1n) is 8.06. The number of benzene rings is 1. The largest absolute Gasteiger partial charge is 0.367 e. The van der Waals surface area contributed by atoms with Crippen molar-refractivity contribution in [2.75, 3.05) is 18.0 Å². The van der Waals surface area contributed by atoms with Crippen molar-refractivity contribution in [3.05, 3.63) is 57.4 Å². The van der Waals surface area contributed by atoms with E-state index in [0.717, 1.165) is 23.1 Å². The predicted octanol–water partition coefficient (Wildman–Crippen LogP) is 4.79. The molecule has 1 aliphatic heterocycles. The van der Waals surface area contributed by atoms with E-state index in [2.05, 4.69) is 39.7 Å². The molecule has 0 radical (unpaired) electrons. The van der Waals surface area contributed by atoms with Crippen LogP contribution in [0.3, 0.4) is 0 Å². The molecular weight excluding hydrogens is 354 g/mol. The molecule has 0 bridgehead atoms. The highest BCUT2D eigenvalue weighted by atomic mass is 35.5. The van der Waals surface area contributed by atoms with Gasteiger partial charge in [0.15, 0.2) is 0 Å². The van der Waals surface area contributed by atoms with E-state index in [4.69, 9.17) is 16.3 Å². The lowest BCUT2D eigenvalue weighted by Crippen LogP contribution is -2.43. The quantitative estimate of drug-likeness (QED) is 0.651. The Balaban J connectivity index is 1.82. The van der Waals surface area contributed by atoms with Gasteiger partial charge in [0.05, 0.1) is 22.9 Å². The first-order valence-corrected chi connectivity index (χ1v) is 9.38. The summed E-state index contributed by atoms with van der Waals surface area (Å²) in [6, 6.07) is 9.98. The Hall–Kier alpha value is -2.13. The second-order valence-corrected chi connectivity index (χ2v) is 7.41. The molecule has 0 aliphatic carbocycles. The molecule has 4 rings (SSSR count). The highest BCUT2D eigenvalue weighted by molar-refractivity contribution is 7.07. The SMILES string of the molecule is CC1CN(c2c(C#N)cnc3ccc(Cl)cc23)CC(c2ccsc2)O1. The van der Waals surface area contributed by atoms with Gasteiger partial charge in [0.1, 0.15) is 12.2 Å². The number of morpholine rings is 1. The molecule has 4 nitrogen and oxygen atoms in total. The third-order valence-electron chi connectivity index (χ3n) is 4.41. The van der Waals surface area contributed by atoms with Crippen LogP contribution in [0.5, 0.6) is 0 Å². The Morgan fingerprint density at radius 1 is 1.36 bits per heavy atom. The zero-order valence-electron chi connectivity index (χ0n) is 13.6. The zero-order chi connectivity index (χ0) is 17.4. The molecule has 1 fully saturated rings. The van der Waals surface area contributed by atoms with E-state index in [1.165, 1.54) is 5.56 Å². The molecule has 2 unspecified atom stereocenters. The second kappa shape index (κ2) is 6.64. The van der Waals surface area contributed by atoms with E-state index in [1.54, 1.807) is 17.5 Å². The number of anilines is 1. The fourth-order valence-corrected chi connectivity index (χ4v) is 4.22. The summed E-state index contributed by atoms with van der Waals surface area (Å²) in [7, 11) is 0. The van der Waals surface area contributed by atoms with Crippen LogP contribution in [0.4, 0.5) is 5.69 Å². The van der Waals surface area contributed by atoms with Crippen LogP contribution in [-0.2, 0) is 4.74 Å². The predicted molar refractivity (Wildman–Crippen MR) is 101 cm³/mol. The zero-order valence-corrected chi connectivity index (χ0v) is 15.2. The van der Waals surface area contributed by atoms with Crippen LogP contribution in [0.1, 0.15) is 24.2 Å². The number of nitrogens with zero attached hydrogens (tertiary/aromatic N) is 3. The minimum Gasteiger partial charge on any atom is -0.367 e. The van der Waals surface area contributed by atoms with Crippen molar-refractivity contribution in [3.8, 4) is 6.07 Å². The van der Waals surface area contributed by atoms with Crippen molar-refractivity contribution in [1.82, 2.24) is 4.98 Å². The number of thiophene rings is 1. The maximum atomic E-state index is 9.61. The molecule has 0 spiro atoms. The number of hydrogen-bond acceptors (Lipinski definition) is 5. The Morgan fingerprint density at radius 3 is 3.00 bits per heavy atom. The summed E-state index contributed by atoms with van der Waals surface area (Å²) in [5.41, 5.74) is 3.47. The van der Waals surface area contributed by atoms with Gasteiger partial charge in [-0.05, 0) is 47.5 Å². The van der Waals surface area contributed by atoms with Crippen molar-refractivity contribution in [2.45, 2.75) is 19.1 Å². The molecule has 6 heteroatoms. The Bertz CT molecular complexity index is 951. The van der Waals surface area contributed by atoms with Gasteiger partial charge < -0.3 is 9.64 Å². The molecule has 1 saturated heterocycles. The summed E-state index contributed by atoms with van der Waals surface area (Å²) >= 11 is 7.88. The summed E-state index contributed by atoms with van der Waals surface area (Å²) in [5.74, 6) is 0. The van der Waals surface area contributed by atoms with Crippen LogP contribution in [-0.4, -0.2) is 24.2 Å². The number of aromatic nitrogens is 1. The highest BCUT2D eigenvalue weighted by Crippen LogP contribution is 2.36. The number of halogens is 1. The molecule has 2 aromatic heterocycles. The average molecular weight is 370 g/mol. The van der Waals surface area contributed by atoms with Gasteiger partial charge in [0, 0.05) is 29.7 Å². The number of ether oxygens (including phenoxy) is 1. The van der Waals surface area contributed by atoms with Crippen LogP contribution in [0.25, 0.3) is 10.9 Å². The monoisotopic (exact) mass is 369 g/mol. The van der Waals surface area contributed by atoms with Crippen LogP contribution in [0.2, 0.25) is 5.02 Å². The van der Waals surface area contributed by atoms with Crippen LogP contribution in [0.15, 0.2) is 41.2 Å². The van der Waals surface area contributed by atoms with Crippen molar-refractivity contribution in [1.29, 1.82) is 5.26 Å². The summed E-state index contributed by atoms with van der Waals surface area (Å²) in [6.07, 6.45) is 1.70. The third-order valence-corrected chi connectivity index (χ3v) is 5.35. The summed E-state index contributed by atoms with van der Waals surface area (Å²) < 4.78 is 6.13. The maximum absolute atomic E-state index is 9.61. The van der Waals surface area contributed by atoms with E-state index >= 15 is 0 Å². The molecule has 0 saturated carbocycles. The first-order chi connectivity index (χ1) is 12.2. The standard InChI is InChI=1S/C19H16ClN3OS/c1-12-9-23(10-18(24-12)13-4-5-25-11-13)19-14(7-21)8-22-17-3-2-15(20)6-16(17)19/h2-6,8,11-12,18H,9-10H2,1H3. The van der Waals surface area contributed by atoms with Crippen LogP contribution >= 0.6 is 22.9 Å². The van der Waals surface area contributed by atoms with Crippen molar-refractivity contribution in [3.63, 3.8) is 0 Å². The molecule has 0 amide bonds. The van der Waals surface area contributed by atoms with Crippen molar-refractivity contribution < 1.29 is 4.74 Å². The highest BCUT2D eigenvalue weighted by Gasteiger charge is 2.29. The summed E-state index contributed by atoms with van der Waals surface area (Å²) in [5, 5.41) is 15.3. The number of hydrogen-bond donors (Lipinski definition) is 0. The minimum absolute atomic E-state index is 0.0102. The smallest absolute Gasteiger partial charge is 0.103 e. The van der Waals surface area contributed by atoms with Gasteiger partial charge >= 0.3 is 0 Å². The minimum atomic E-state index is -0.0102. The Morgan fingerprint density at radius 2 is 2.24 bits per heavy atom. The van der Waals surface area contributed by atoms with Gasteiger partial charge in [-0.15, -0.1) is 0 Å². The summed E-state index contributed by atoms with van der Waals surface area (Å²) in [4.78, 5) is 6.63. The number of rotatable bonds is 2. The van der Waals surface area contributed by atoms with Crippen LogP contribution < -0.4 is 4.90 Å². The lowest BCUT2D eigenvalue weighted by molar-refractivity contribution is -0.0170. The topological polar surface area (TPSA) is 49.2 Å². The van der Waals surface area contributed by atoms with Gasteiger partial charge in [-0.1, -0.05) is 11.6 Å². The average Bonchev–Trinajstić information content (AvgIpc) is 3.14. The first kappa shape index (κ1) is 16.3. The molecule has 1 aromatic carbocycles. The van der Waals surface area contributed by atoms with Crippen LogP contribution in [0, 0.1) is 11.3 Å². The number of pyridine rings is 1. The van der Waals surface area contributed by atoms with Gasteiger partial charge in [0.25, 0.3) is 0 Å². The van der Waals surface area contributed by atoms with E-state index < -0.39 is 0 Å². The molecule has 126 valence electrons. The lowest BCUT2D eigenvalue weighted by Gasteiger charge is -2.38. The molecule has 2 atom stereocenters. The Labute approximate surface area is 155 Å². The third kappa shape index (κ3) is 3.09. The normalized spacial score (nSPS) is 20.6. The molecule has 0 N–H and O–H groups in total. The van der Waals surface area contributed by atoms with E-state index in [1.807, 2.05) is 18.2 Å². The van der Waals surface area contributed by atoms with Gasteiger partial charge in [-0.3, -0.25) is 4.98 Å². The summed E-state index contributed by atoms with van der Waals surface area (Å²) in [6.45, 7) is 3.48. The van der Waals surface area contributed by atoms with E-state index in [0.29, 0.717) is 17.1 Å². The fraction of sp³-hybridized carbons (Fsp3) is 0.263. The van der Waals surface area contributed by atoms with E-state index in [-0.39, 0.29) is 12.2 Å². The molecule has 3 aromatic rings. The maximum Gasteiger partial charge on any atom is 0.103 e. The molecule has 3 heterocycles. The molecule has 1 aliphatic rings. The number of fused-ring (bicyclic) bond motifs is 1. The lowest BCUT2D eigenvalue weighted by atomic mass is 10.0. The fourth-order valence-electron chi connectivity index (χ4n) is 3.35. The van der Waals surface area contributed by atoms with Crippen molar-refractivity contribution in [2.24, 2.45) is 0 Å².